The van der Waals surface area contributed by atoms with Crippen molar-refractivity contribution in [3.63, 3.8) is 0 Å². The molecule has 0 saturated carbocycles. The van der Waals surface area contributed by atoms with Crippen LogP contribution >= 0.6 is 0 Å². The Hall–Kier alpha value is -3.43. The number of aromatic nitrogens is 2. The van der Waals surface area contributed by atoms with Gasteiger partial charge in [0.2, 0.25) is 10.0 Å². The molecule has 0 saturated heterocycles. The van der Waals surface area contributed by atoms with E-state index in [0.717, 1.165) is 12.1 Å². The third kappa shape index (κ3) is 5.08. The van der Waals surface area contributed by atoms with Gasteiger partial charge in [0.15, 0.2) is 0 Å². The Morgan fingerprint density at radius 3 is 2.08 bits per heavy atom. The molecule has 0 radical (unpaired) electrons. The number of benzene rings is 3. The SMILES string of the molecule is CC(C)CCN(C(C)c1nc2ccccc2c(=O)n1-c1ccc(F)cc1)S(=O)(=O)c1ccc(F)cc1. The van der Waals surface area contributed by atoms with Crippen LogP contribution in [0, 0.1) is 17.6 Å². The number of rotatable bonds is 8. The van der Waals surface area contributed by atoms with Crippen molar-refractivity contribution >= 4 is 20.9 Å². The predicted molar refractivity (Wildman–Crippen MR) is 135 cm³/mol. The smallest absolute Gasteiger partial charge is 0.266 e. The van der Waals surface area contributed by atoms with Gasteiger partial charge in [0, 0.05) is 6.54 Å². The second kappa shape index (κ2) is 10.3. The maximum absolute atomic E-state index is 13.8. The Kier molecular flexibility index (Phi) is 7.33. The second-order valence-electron chi connectivity index (χ2n) is 9.03. The zero-order chi connectivity index (χ0) is 26.0. The molecule has 6 nitrogen and oxygen atoms in total. The first kappa shape index (κ1) is 25.7. The molecule has 1 unspecified atom stereocenters. The van der Waals surface area contributed by atoms with Gasteiger partial charge in [-0.1, -0.05) is 26.0 Å². The van der Waals surface area contributed by atoms with Crippen molar-refractivity contribution in [1.29, 1.82) is 0 Å². The molecule has 0 fully saturated rings. The molecule has 188 valence electrons. The molecular weight excluding hydrogens is 484 g/mol. The lowest BCUT2D eigenvalue weighted by atomic mass is 10.1. The van der Waals surface area contributed by atoms with Crippen LogP contribution in [0.25, 0.3) is 16.6 Å². The van der Waals surface area contributed by atoms with Crippen LogP contribution in [0.4, 0.5) is 8.78 Å². The fourth-order valence-electron chi connectivity index (χ4n) is 4.05. The minimum Gasteiger partial charge on any atom is -0.268 e. The lowest BCUT2D eigenvalue weighted by molar-refractivity contribution is 0.308. The van der Waals surface area contributed by atoms with E-state index in [1.807, 2.05) is 13.8 Å². The highest BCUT2D eigenvalue weighted by Gasteiger charge is 2.33. The molecule has 0 aliphatic rings. The van der Waals surface area contributed by atoms with Crippen LogP contribution < -0.4 is 5.56 Å². The number of hydrogen-bond acceptors (Lipinski definition) is 4. The van der Waals surface area contributed by atoms with Gasteiger partial charge in [0.25, 0.3) is 5.56 Å². The lowest BCUT2D eigenvalue weighted by Gasteiger charge is -2.30. The Bertz CT molecular complexity index is 1530. The zero-order valence-corrected chi connectivity index (χ0v) is 21.0. The Balaban J connectivity index is 1.94. The minimum atomic E-state index is -4.08. The number of fused-ring (bicyclic) bond motifs is 1. The highest BCUT2D eigenvalue weighted by molar-refractivity contribution is 7.89. The summed E-state index contributed by atoms with van der Waals surface area (Å²) in [6, 6.07) is 15.9. The van der Waals surface area contributed by atoms with E-state index in [1.165, 1.54) is 45.3 Å². The van der Waals surface area contributed by atoms with E-state index < -0.39 is 33.3 Å². The van der Waals surface area contributed by atoms with Crippen LogP contribution in [-0.2, 0) is 10.0 Å². The lowest BCUT2D eigenvalue weighted by Crippen LogP contribution is -2.38. The third-order valence-electron chi connectivity index (χ3n) is 6.04. The summed E-state index contributed by atoms with van der Waals surface area (Å²) in [5.74, 6) is -0.614. The normalized spacial score (nSPS) is 13.0. The van der Waals surface area contributed by atoms with E-state index >= 15 is 0 Å². The molecule has 3 aromatic carbocycles. The summed E-state index contributed by atoms with van der Waals surface area (Å²) in [6.45, 7) is 5.79. The average molecular weight is 512 g/mol. The average Bonchev–Trinajstić information content (AvgIpc) is 2.84. The van der Waals surface area contributed by atoms with Gasteiger partial charge in [-0.2, -0.15) is 4.31 Å². The standard InChI is InChI=1S/C27H27F2N3O3S/c1-18(2)16-17-31(36(34,35)23-14-10-21(29)11-15-23)19(3)26-30-25-7-5-4-6-24(25)27(33)32(26)22-12-8-20(28)9-13-22/h4-15,18-19H,16-17H2,1-3H3. The monoisotopic (exact) mass is 511 g/mol. The molecule has 1 aromatic heterocycles. The first-order valence-corrected chi connectivity index (χ1v) is 13.1. The van der Waals surface area contributed by atoms with Crippen molar-refractivity contribution in [1.82, 2.24) is 13.9 Å². The number of sulfonamides is 1. The minimum absolute atomic E-state index is 0.0593. The quantitative estimate of drug-likeness (QED) is 0.315. The summed E-state index contributed by atoms with van der Waals surface area (Å²) in [7, 11) is -4.08. The van der Waals surface area contributed by atoms with E-state index in [1.54, 1.807) is 31.2 Å². The van der Waals surface area contributed by atoms with E-state index in [9.17, 15) is 22.0 Å². The molecule has 4 aromatic rings. The molecule has 9 heteroatoms. The van der Waals surface area contributed by atoms with Crippen LogP contribution in [0.15, 0.2) is 82.5 Å². The van der Waals surface area contributed by atoms with Gasteiger partial charge in [-0.3, -0.25) is 9.36 Å². The van der Waals surface area contributed by atoms with Crippen LogP contribution in [0.2, 0.25) is 0 Å². The summed E-state index contributed by atoms with van der Waals surface area (Å²) in [5, 5.41) is 0.355. The summed E-state index contributed by atoms with van der Waals surface area (Å²) in [5.41, 5.74) is 0.396. The van der Waals surface area contributed by atoms with E-state index in [0.29, 0.717) is 23.0 Å². The summed E-state index contributed by atoms with van der Waals surface area (Å²) in [4.78, 5) is 18.3. The van der Waals surface area contributed by atoms with Crippen molar-refractivity contribution in [3.8, 4) is 5.69 Å². The molecule has 1 heterocycles. The fourth-order valence-corrected chi connectivity index (χ4v) is 5.66. The highest BCUT2D eigenvalue weighted by Crippen LogP contribution is 2.29. The number of para-hydroxylation sites is 1. The summed E-state index contributed by atoms with van der Waals surface area (Å²) < 4.78 is 57.3. The molecule has 0 N–H and O–H groups in total. The van der Waals surface area contributed by atoms with Gasteiger partial charge >= 0.3 is 0 Å². The topological polar surface area (TPSA) is 72.3 Å². The number of nitrogens with zero attached hydrogens (tertiary/aromatic N) is 3. The van der Waals surface area contributed by atoms with Gasteiger partial charge in [-0.05, 0) is 79.9 Å². The molecule has 36 heavy (non-hydrogen) atoms. The van der Waals surface area contributed by atoms with Gasteiger partial charge in [0.05, 0.1) is 27.5 Å². The van der Waals surface area contributed by atoms with Crippen LogP contribution in [0.3, 0.4) is 0 Å². The summed E-state index contributed by atoms with van der Waals surface area (Å²) >= 11 is 0. The fraction of sp³-hybridized carbons (Fsp3) is 0.259. The highest BCUT2D eigenvalue weighted by atomic mass is 32.2. The predicted octanol–water partition coefficient (Wildman–Crippen LogP) is 5.46. The van der Waals surface area contributed by atoms with Crippen molar-refractivity contribution in [2.24, 2.45) is 5.92 Å². The molecule has 0 amide bonds. The van der Waals surface area contributed by atoms with Crippen LogP contribution in [0.5, 0.6) is 0 Å². The Morgan fingerprint density at radius 1 is 0.889 bits per heavy atom. The van der Waals surface area contributed by atoms with E-state index in [2.05, 4.69) is 0 Å². The van der Waals surface area contributed by atoms with Crippen molar-refractivity contribution < 1.29 is 17.2 Å². The molecular formula is C27H27F2N3O3S. The van der Waals surface area contributed by atoms with E-state index in [4.69, 9.17) is 4.98 Å². The molecule has 0 bridgehead atoms. The molecule has 4 rings (SSSR count). The Morgan fingerprint density at radius 2 is 1.47 bits per heavy atom. The molecule has 1 atom stereocenters. The molecule has 0 spiro atoms. The Labute approximate surface area is 208 Å². The van der Waals surface area contributed by atoms with Gasteiger partial charge in [0.1, 0.15) is 17.5 Å². The maximum atomic E-state index is 13.8. The van der Waals surface area contributed by atoms with Gasteiger partial charge in [-0.15, -0.1) is 0 Å². The van der Waals surface area contributed by atoms with E-state index in [-0.39, 0.29) is 23.2 Å². The van der Waals surface area contributed by atoms with Crippen LogP contribution in [-0.4, -0.2) is 28.8 Å². The number of hydrogen-bond donors (Lipinski definition) is 0. The zero-order valence-electron chi connectivity index (χ0n) is 20.2. The number of halogens is 2. The maximum Gasteiger partial charge on any atom is 0.266 e. The first-order chi connectivity index (χ1) is 17.1. The second-order valence-corrected chi connectivity index (χ2v) is 10.9. The molecule has 0 aliphatic carbocycles. The van der Waals surface area contributed by atoms with Crippen molar-refractivity contribution in [3.05, 3.63) is 101 Å². The third-order valence-corrected chi connectivity index (χ3v) is 8.02. The van der Waals surface area contributed by atoms with Crippen molar-refractivity contribution in [2.45, 2.75) is 38.1 Å². The van der Waals surface area contributed by atoms with Gasteiger partial charge in [-0.25, -0.2) is 22.2 Å². The van der Waals surface area contributed by atoms with Crippen LogP contribution in [0.1, 0.15) is 39.1 Å². The first-order valence-electron chi connectivity index (χ1n) is 11.6. The largest absolute Gasteiger partial charge is 0.268 e. The van der Waals surface area contributed by atoms with Gasteiger partial charge < -0.3 is 0 Å². The summed E-state index contributed by atoms with van der Waals surface area (Å²) in [6.07, 6.45) is 0.555. The molecule has 0 aliphatic heterocycles. The van der Waals surface area contributed by atoms with Crippen molar-refractivity contribution in [2.75, 3.05) is 6.54 Å².